The number of hydrogen-bond acceptors (Lipinski definition) is 3. The normalized spacial score (nSPS) is 11.2. The zero-order chi connectivity index (χ0) is 13.1. The van der Waals surface area contributed by atoms with Gasteiger partial charge in [-0.1, -0.05) is 24.3 Å². The smallest absolute Gasteiger partial charge is 0.141 e. The van der Waals surface area contributed by atoms with Crippen LogP contribution >= 0.6 is 0 Å². The Morgan fingerprint density at radius 3 is 2.58 bits per heavy atom. The minimum atomic E-state index is 0.200. The van der Waals surface area contributed by atoms with E-state index in [4.69, 9.17) is 0 Å². The molecule has 0 bridgehead atoms. The van der Waals surface area contributed by atoms with Gasteiger partial charge in [0.15, 0.2) is 0 Å². The minimum absolute atomic E-state index is 0.200. The van der Waals surface area contributed by atoms with E-state index in [2.05, 4.69) is 9.97 Å². The summed E-state index contributed by atoms with van der Waals surface area (Å²) in [6.07, 6.45) is 5.53. The number of aromatic hydroxyl groups is 1. The molecule has 0 amide bonds. The topological polar surface area (TPSA) is 46.0 Å². The number of para-hydroxylation sites is 1. The molecule has 2 aromatic heterocycles. The van der Waals surface area contributed by atoms with Crippen molar-refractivity contribution in [3.8, 4) is 5.75 Å². The van der Waals surface area contributed by atoms with Gasteiger partial charge in [0.05, 0.1) is 11.4 Å². The highest BCUT2D eigenvalue weighted by Crippen LogP contribution is 2.22. The molecule has 0 saturated heterocycles. The first kappa shape index (κ1) is 11.4. The molecule has 3 heteroatoms. The lowest BCUT2D eigenvalue weighted by molar-refractivity contribution is 0.480. The molecule has 92 valence electrons. The molecule has 0 fully saturated rings. The Balaban J connectivity index is 1.98. The fourth-order valence-corrected chi connectivity index (χ4v) is 1.88. The summed E-state index contributed by atoms with van der Waals surface area (Å²) in [7, 11) is 0. The van der Waals surface area contributed by atoms with Crippen LogP contribution in [0.15, 0.2) is 54.7 Å². The molecule has 0 spiro atoms. The molecule has 0 aliphatic heterocycles. The molecule has 3 nitrogen and oxygen atoms in total. The second-order valence-electron chi connectivity index (χ2n) is 4.17. The van der Waals surface area contributed by atoms with Gasteiger partial charge in [0, 0.05) is 11.6 Å². The van der Waals surface area contributed by atoms with Crippen LogP contribution in [0.4, 0.5) is 0 Å². The molecule has 2 heterocycles. The van der Waals surface area contributed by atoms with Crippen molar-refractivity contribution in [2.75, 3.05) is 0 Å². The standard InChI is InChI=1S/C16H12N2O/c19-15-6-3-4-12-7-8-14(18-16(12)15)10-9-13-5-1-2-11-17-13/h1-11,19H/b10-9+. The van der Waals surface area contributed by atoms with E-state index in [0.717, 1.165) is 16.8 Å². The molecule has 3 aromatic rings. The summed E-state index contributed by atoms with van der Waals surface area (Å²) < 4.78 is 0. The summed E-state index contributed by atoms with van der Waals surface area (Å²) in [5, 5.41) is 10.7. The molecular weight excluding hydrogens is 236 g/mol. The molecule has 19 heavy (non-hydrogen) atoms. The van der Waals surface area contributed by atoms with Gasteiger partial charge in [-0.3, -0.25) is 4.98 Å². The number of phenolic OH excluding ortho intramolecular Hbond substituents is 1. The lowest BCUT2D eigenvalue weighted by Crippen LogP contribution is -1.84. The lowest BCUT2D eigenvalue weighted by Gasteiger charge is -2.01. The van der Waals surface area contributed by atoms with Crippen LogP contribution in [-0.4, -0.2) is 15.1 Å². The van der Waals surface area contributed by atoms with E-state index in [1.807, 2.05) is 54.6 Å². The second-order valence-corrected chi connectivity index (χ2v) is 4.17. The van der Waals surface area contributed by atoms with Gasteiger partial charge >= 0.3 is 0 Å². The van der Waals surface area contributed by atoms with E-state index in [1.165, 1.54) is 0 Å². The number of rotatable bonds is 2. The number of aromatic nitrogens is 2. The van der Waals surface area contributed by atoms with Gasteiger partial charge < -0.3 is 5.11 Å². The van der Waals surface area contributed by atoms with Crippen LogP contribution < -0.4 is 0 Å². The Bertz CT molecular complexity index is 736. The number of hydrogen-bond donors (Lipinski definition) is 1. The summed E-state index contributed by atoms with van der Waals surface area (Å²) in [6, 6.07) is 15.0. The summed E-state index contributed by atoms with van der Waals surface area (Å²) in [5.74, 6) is 0.200. The van der Waals surface area contributed by atoms with Crippen molar-refractivity contribution in [2.24, 2.45) is 0 Å². The van der Waals surface area contributed by atoms with Crippen molar-refractivity contribution in [2.45, 2.75) is 0 Å². The van der Waals surface area contributed by atoms with Crippen molar-refractivity contribution in [1.82, 2.24) is 9.97 Å². The van der Waals surface area contributed by atoms with Crippen molar-refractivity contribution in [3.05, 3.63) is 66.1 Å². The molecule has 0 atom stereocenters. The van der Waals surface area contributed by atoms with E-state index in [-0.39, 0.29) is 5.75 Å². The van der Waals surface area contributed by atoms with Crippen LogP contribution in [0.5, 0.6) is 5.75 Å². The zero-order valence-electron chi connectivity index (χ0n) is 10.2. The van der Waals surface area contributed by atoms with Crippen LogP contribution in [0.3, 0.4) is 0 Å². The predicted molar refractivity (Wildman–Crippen MR) is 76.6 cm³/mol. The van der Waals surface area contributed by atoms with Crippen molar-refractivity contribution >= 4 is 23.1 Å². The quantitative estimate of drug-likeness (QED) is 0.755. The summed E-state index contributed by atoms with van der Waals surface area (Å²) in [4.78, 5) is 8.63. The number of nitrogens with zero attached hydrogens (tertiary/aromatic N) is 2. The van der Waals surface area contributed by atoms with E-state index in [1.54, 1.807) is 12.3 Å². The molecule has 0 radical (unpaired) electrons. The van der Waals surface area contributed by atoms with Gasteiger partial charge in [-0.05, 0) is 36.4 Å². The zero-order valence-corrected chi connectivity index (χ0v) is 10.2. The molecule has 0 aliphatic carbocycles. The van der Waals surface area contributed by atoms with E-state index in [9.17, 15) is 5.11 Å². The third kappa shape index (κ3) is 2.45. The average Bonchev–Trinajstić information content (AvgIpc) is 2.47. The van der Waals surface area contributed by atoms with Gasteiger partial charge in [0.1, 0.15) is 11.3 Å². The molecule has 0 aliphatic rings. The fraction of sp³-hybridized carbons (Fsp3) is 0. The molecule has 3 rings (SSSR count). The molecule has 1 aromatic carbocycles. The van der Waals surface area contributed by atoms with Gasteiger partial charge in [-0.2, -0.15) is 0 Å². The van der Waals surface area contributed by atoms with E-state index >= 15 is 0 Å². The first-order chi connectivity index (χ1) is 9.33. The van der Waals surface area contributed by atoms with Crippen LogP contribution in [0, 0.1) is 0 Å². The third-order valence-corrected chi connectivity index (χ3v) is 2.83. The number of fused-ring (bicyclic) bond motifs is 1. The highest BCUT2D eigenvalue weighted by molar-refractivity contribution is 5.85. The SMILES string of the molecule is Oc1cccc2ccc(/C=C/c3ccccn3)nc12. The monoisotopic (exact) mass is 248 g/mol. The van der Waals surface area contributed by atoms with E-state index < -0.39 is 0 Å². The van der Waals surface area contributed by atoms with Gasteiger partial charge in [-0.25, -0.2) is 4.98 Å². The van der Waals surface area contributed by atoms with Gasteiger partial charge in [-0.15, -0.1) is 0 Å². The number of pyridine rings is 2. The number of benzene rings is 1. The van der Waals surface area contributed by atoms with Gasteiger partial charge in [0.25, 0.3) is 0 Å². The summed E-state index contributed by atoms with van der Waals surface area (Å²) >= 11 is 0. The Labute approximate surface area is 110 Å². The first-order valence-corrected chi connectivity index (χ1v) is 6.01. The van der Waals surface area contributed by atoms with Crippen molar-refractivity contribution < 1.29 is 5.11 Å². The molecule has 0 unspecified atom stereocenters. The maximum absolute atomic E-state index is 9.78. The average molecular weight is 248 g/mol. The predicted octanol–water partition coefficient (Wildman–Crippen LogP) is 3.51. The highest BCUT2D eigenvalue weighted by Gasteiger charge is 2.00. The number of phenols is 1. The molecule has 0 saturated carbocycles. The van der Waals surface area contributed by atoms with Gasteiger partial charge in [0.2, 0.25) is 0 Å². The third-order valence-electron chi connectivity index (χ3n) is 2.83. The highest BCUT2D eigenvalue weighted by atomic mass is 16.3. The fourth-order valence-electron chi connectivity index (χ4n) is 1.88. The van der Waals surface area contributed by atoms with E-state index in [0.29, 0.717) is 5.52 Å². The second kappa shape index (κ2) is 4.90. The lowest BCUT2D eigenvalue weighted by atomic mass is 10.2. The van der Waals surface area contributed by atoms with Crippen molar-refractivity contribution in [1.29, 1.82) is 0 Å². The Hall–Kier alpha value is -2.68. The molecular formula is C16H12N2O. The Morgan fingerprint density at radius 2 is 1.74 bits per heavy atom. The Morgan fingerprint density at radius 1 is 0.842 bits per heavy atom. The largest absolute Gasteiger partial charge is 0.506 e. The summed E-state index contributed by atoms with van der Waals surface area (Å²) in [5.41, 5.74) is 2.28. The van der Waals surface area contributed by atoms with Crippen LogP contribution in [0.2, 0.25) is 0 Å². The van der Waals surface area contributed by atoms with Crippen LogP contribution in [0.25, 0.3) is 23.1 Å². The molecule has 1 N–H and O–H groups in total. The minimum Gasteiger partial charge on any atom is -0.506 e. The van der Waals surface area contributed by atoms with Crippen LogP contribution in [0.1, 0.15) is 11.4 Å². The van der Waals surface area contributed by atoms with Crippen molar-refractivity contribution in [3.63, 3.8) is 0 Å². The summed E-state index contributed by atoms with van der Waals surface area (Å²) in [6.45, 7) is 0. The maximum atomic E-state index is 9.78. The van der Waals surface area contributed by atoms with Crippen LogP contribution in [-0.2, 0) is 0 Å². The first-order valence-electron chi connectivity index (χ1n) is 6.01. The Kier molecular flexibility index (Phi) is 2.94. The maximum Gasteiger partial charge on any atom is 0.141 e.